The van der Waals surface area contributed by atoms with Gasteiger partial charge in [0.25, 0.3) is 11.8 Å². The minimum Gasteiger partial charge on any atom is -0.336 e. The molecule has 1 N–H and O–H groups in total. The predicted octanol–water partition coefficient (Wildman–Crippen LogP) is 4.22. The molecule has 6 heteroatoms. The average molecular weight is 390 g/mol. The Bertz CT molecular complexity index is 1060. The first-order valence-electron chi connectivity index (χ1n) is 10.2. The van der Waals surface area contributed by atoms with Crippen molar-refractivity contribution in [2.24, 2.45) is 0 Å². The van der Waals surface area contributed by atoms with Crippen LogP contribution in [0.4, 0.5) is 5.69 Å². The second-order valence-electron chi connectivity index (χ2n) is 7.72. The SMILES string of the molecule is Cc1ccc(C)c(NC(=O)c2nc(C(=O)N3CCCCCC3)n3ccccc23)c1. The van der Waals surface area contributed by atoms with Crippen molar-refractivity contribution >= 4 is 23.0 Å². The molecule has 0 spiro atoms. The number of nitrogens with one attached hydrogen (secondary N) is 1. The van der Waals surface area contributed by atoms with Crippen LogP contribution in [-0.2, 0) is 0 Å². The Balaban J connectivity index is 1.69. The van der Waals surface area contributed by atoms with Gasteiger partial charge in [0.05, 0.1) is 5.52 Å². The van der Waals surface area contributed by atoms with Crippen molar-refractivity contribution in [3.8, 4) is 0 Å². The standard InChI is InChI=1S/C23H26N4O2/c1-16-10-11-17(2)18(15-16)24-22(28)20-19-9-5-8-14-27(19)21(25-20)23(29)26-12-6-3-4-7-13-26/h5,8-11,14-15H,3-4,6-7,12-13H2,1-2H3,(H,24,28). The van der Waals surface area contributed by atoms with Crippen molar-refractivity contribution in [1.82, 2.24) is 14.3 Å². The van der Waals surface area contributed by atoms with Gasteiger partial charge in [-0.1, -0.05) is 31.0 Å². The van der Waals surface area contributed by atoms with Gasteiger partial charge in [0.15, 0.2) is 5.69 Å². The summed E-state index contributed by atoms with van der Waals surface area (Å²) in [6.07, 6.45) is 6.11. The Hall–Kier alpha value is -3.15. The third-order valence-corrected chi connectivity index (χ3v) is 5.49. The van der Waals surface area contributed by atoms with Crippen LogP contribution in [0.3, 0.4) is 0 Å². The van der Waals surface area contributed by atoms with Crippen molar-refractivity contribution < 1.29 is 9.59 Å². The molecule has 6 nitrogen and oxygen atoms in total. The molecular weight excluding hydrogens is 364 g/mol. The second kappa shape index (κ2) is 8.07. The molecule has 150 valence electrons. The summed E-state index contributed by atoms with van der Waals surface area (Å²) < 4.78 is 1.73. The fourth-order valence-electron chi connectivity index (χ4n) is 3.82. The normalized spacial score (nSPS) is 14.6. The van der Waals surface area contributed by atoms with E-state index in [1.165, 1.54) is 0 Å². The van der Waals surface area contributed by atoms with Gasteiger partial charge in [0, 0.05) is 25.0 Å². The molecule has 2 amide bonds. The minimum absolute atomic E-state index is 0.112. The van der Waals surface area contributed by atoms with Gasteiger partial charge in [0.2, 0.25) is 5.82 Å². The molecule has 2 aromatic heterocycles. The summed E-state index contributed by atoms with van der Waals surface area (Å²) in [6.45, 7) is 5.42. The highest BCUT2D eigenvalue weighted by Gasteiger charge is 2.25. The molecule has 1 aliphatic heterocycles. The van der Waals surface area contributed by atoms with Crippen LogP contribution >= 0.6 is 0 Å². The Morgan fingerprint density at radius 1 is 1.00 bits per heavy atom. The molecule has 0 aliphatic carbocycles. The van der Waals surface area contributed by atoms with Crippen LogP contribution in [0.25, 0.3) is 5.52 Å². The molecule has 0 bridgehead atoms. The lowest BCUT2D eigenvalue weighted by Gasteiger charge is -2.19. The molecule has 1 fully saturated rings. The summed E-state index contributed by atoms with van der Waals surface area (Å²) in [6, 6.07) is 11.4. The number of fused-ring (bicyclic) bond motifs is 1. The van der Waals surface area contributed by atoms with Crippen molar-refractivity contribution in [3.63, 3.8) is 0 Å². The van der Waals surface area contributed by atoms with E-state index in [4.69, 9.17) is 0 Å². The lowest BCUT2D eigenvalue weighted by Crippen LogP contribution is -2.33. The average Bonchev–Trinajstić information content (AvgIpc) is 2.90. The Labute approximate surface area is 170 Å². The Kier molecular flexibility index (Phi) is 5.34. The summed E-state index contributed by atoms with van der Waals surface area (Å²) in [5.74, 6) is -0.121. The second-order valence-corrected chi connectivity index (χ2v) is 7.72. The number of rotatable bonds is 3. The van der Waals surface area contributed by atoms with Gasteiger partial charge in [0.1, 0.15) is 0 Å². The number of carbonyl (C=O) groups excluding carboxylic acids is 2. The van der Waals surface area contributed by atoms with Crippen LogP contribution in [0.15, 0.2) is 42.6 Å². The number of anilines is 1. The molecule has 1 aromatic carbocycles. The van der Waals surface area contributed by atoms with Crippen LogP contribution in [0.5, 0.6) is 0 Å². The molecule has 0 saturated carbocycles. The number of amides is 2. The van der Waals surface area contributed by atoms with E-state index in [0.29, 0.717) is 11.3 Å². The van der Waals surface area contributed by atoms with Gasteiger partial charge in [-0.25, -0.2) is 4.98 Å². The number of hydrogen-bond acceptors (Lipinski definition) is 3. The molecule has 0 unspecified atom stereocenters. The van der Waals surface area contributed by atoms with Crippen molar-refractivity contribution in [3.05, 3.63) is 65.2 Å². The van der Waals surface area contributed by atoms with Crippen LogP contribution in [0, 0.1) is 13.8 Å². The first-order valence-corrected chi connectivity index (χ1v) is 10.2. The molecule has 0 radical (unpaired) electrons. The van der Waals surface area contributed by atoms with E-state index < -0.39 is 0 Å². The fraction of sp³-hybridized carbons (Fsp3) is 0.348. The summed E-state index contributed by atoms with van der Waals surface area (Å²) in [7, 11) is 0. The zero-order valence-electron chi connectivity index (χ0n) is 16.9. The number of likely N-dealkylation sites (tertiary alicyclic amines) is 1. The first-order chi connectivity index (χ1) is 14.0. The molecule has 29 heavy (non-hydrogen) atoms. The monoisotopic (exact) mass is 390 g/mol. The summed E-state index contributed by atoms with van der Waals surface area (Å²) >= 11 is 0. The van der Waals surface area contributed by atoms with E-state index >= 15 is 0 Å². The number of hydrogen-bond donors (Lipinski definition) is 1. The molecule has 1 aliphatic rings. The smallest absolute Gasteiger partial charge is 0.290 e. The van der Waals surface area contributed by atoms with Gasteiger partial charge in [-0.2, -0.15) is 0 Å². The van der Waals surface area contributed by atoms with Crippen molar-refractivity contribution in [1.29, 1.82) is 0 Å². The predicted molar refractivity (Wildman–Crippen MR) is 113 cm³/mol. The lowest BCUT2D eigenvalue weighted by atomic mass is 10.1. The number of pyridine rings is 1. The molecular formula is C23H26N4O2. The van der Waals surface area contributed by atoms with Crippen LogP contribution in [0.1, 0.15) is 57.9 Å². The topological polar surface area (TPSA) is 66.7 Å². The minimum atomic E-state index is -0.308. The number of imidazole rings is 1. The van der Waals surface area contributed by atoms with E-state index in [1.807, 2.05) is 55.1 Å². The molecule has 3 heterocycles. The van der Waals surface area contributed by atoms with E-state index in [1.54, 1.807) is 10.6 Å². The van der Waals surface area contributed by atoms with Gasteiger partial charge in [-0.3, -0.25) is 14.0 Å². The maximum absolute atomic E-state index is 13.2. The Morgan fingerprint density at radius 3 is 2.52 bits per heavy atom. The molecule has 0 atom stereocenters. The van der Waals surface area contributed by atoms with E-state index in [0.717, 1.165) is 55.6 Å². The van der Waals surface area contributed by atoms with Gasteiger partial charge >= 0.3 is 0 Å². The highest BCUT2D eigenvalue weighted by atomic mass is 16.2. The van der Waals surface area contributed by atoms with Gasteiger partial charge < -0.3 is 10.2 Å². The van der Waals surface area contributed by atoms with E-state index in [9.17, 15) is 9.59 Å². The highest BCUT2D eigenvalue weighted by Crippen LogP contribution is 2.21. The summed E-state index contributed by atoms with van der Waals surface area (Å²) in [4.78, 5) is 32.6. The van der Waals surface area contributed by atoms with Crippen LogP contribution < -0.4 is 5.32 Å². The first kappa shape index (κ1) is 19.2. The summed E-state index contributed by atoms with van der Waals surface area (Å²) in [5, 5.41) is 2.96. The Morgan fingerprint density at radius 2 is 1.76 bits per heavy atom. The molecule has 3 aromatic rings. The highest BCUT2D eigenvalue weighted by molar-refractivity contribution is 6.09. The van der Waals surface area contributed by atoms with Crippen molar-refractivity contribution in [2.45, 2.75) is 39.5 Å². The maximum atomic E-state index is 13.2. The van der Waals surface area contributed by atoms with E-state index in [-0.39, 0.29) is 17.5 Å². The number of nitrogens with zero attached hydrogens (tertiary/aromatic N) is 3. The largest absolute Gasteiger partial charge is 0.336 e. The molecule has 4 rings (SSSR count). The number of benzene rings is 1. The van der Waals surface area contributed by atoms with Gasteiger partial charge in [-0.15, -0.1) is 0 Å². The van der Waals surface area contributed by atoms with E-state index in [2.05, 4.69) is 10.3 Å². The number of carbonyl (C=O) groups is 2. The van der Waals surface area contributed by atoms with Crippen LogP contribution in [0.2, 0.25) is 0 Å². The van der Waals surface area contributed by atoms with Gasteiger partial charge in [-0.05, 0) is 56.0 Å². The summed E-state index contributed by atoms with van der Waals surface area (Å²) in [5.41, 5.74) is 3.71. The lowest BCUT2D eigenvalue weighted by molar-refractivity contribution is 0.0748. The molecule has 1 saturated heterocycles. The maximum Gasteiger partial charge on any atom is 0.290 e. The number of aromatic nitrogens is 2. The zero-order chi connectivity index (χ0) is 20.4. The third-order valence-electron chi connectivity index (χ3n) is 5.49. The fourth-order valence-corrected chi connectivity index (χ4v) is 3.82. The zero-order valence-corrected chi connectivity index (χ0v) is 16.9. The van der Waals surface area contributed by atoms with Crippen molar-refractivity contribution in [2.75, 3.05) is 18.4 Å². The number of aryl methyl sites for hydroxylation is 2. The van der Waals surface area contributed by atoms with Crippen LogP contribution in [-0.4, -0.2) is 39.2 Å². The quantitative estimate of drug-likeness (QED) is 0.728. The third kappa shape index (κ3) is 3.88.